The third kappa shape index (κ3) is 5.77. The quantitative estimate of drug-likeness (QED) is 0.548. The van der Waals surface area contributed by atoms with Gasteiger partial charge in [0.05, 0.1) is 11.4 Å². The number of sulfonamides is 1. The molecule has 0 aliphatic carbocycles. The fourth-order valence-corrected chi connectivity index (χ4v) is 3.39. The molecule has 0 aromatic heterocycles. The summed E-state index contributed by atoms with van der Waals surface area (Å²) in [6, 6.07) is 11.7. The first-order chi connectivity index (χ1) is 13.2. The normalized spacial score (nSPS) is 12.3. The molecule has 0 unspecified atom stereocenters. The zero-order valence-electron chi connectivity index (χ0n) is 16.7. The summed E-state index contributed by atoms with van der Waals surface area (Å²) in [4.78, 5) is 4.78. The van der Waals surface area contributed by atoms with Gasteiger partial charge in [0.15, 0.2) is 5.96 Å². The molecule has 0 radical (unpaired) electrons. The number of rotatable bonds is 7. The Bertz CT molecular complexity index is 926. The molecule has 152 valence electrons. The van der Waals surface area contributed by atoms with Crippen molar-refractivity contribution in [2.45, 2.75) is 31.8 Å². The first-order valence-electron chi connectivity index (χ1n) is 9.02. The SMILES string of the molecule is CCNC(=NCc1ccc(F)c(C)c1)NCc1ccc(S(=O)(=O)N(C)C)cc1. The molecule has 0 aliphatic rings. The minimum atomic E-state index is -3.43. The fourth-order valence-electron chi connectivity index (χ4n) is 2.49. The van der Waals surface area contributed by atoms with Gasteiger partial charge in [0.1, 0.15) is 5.82 Å². The molecule has 0 amide bonds. The average Bonchev–Trinajstić information content (AvgIpc) is 2.67. The molecule has 6 nitrogen and oxygen atoms in total. The standard InChI is InChI=1S/C20H27FN4O2S/c1-5-22-20(24-14-17-8-11-19(21)15(2)12-17)23-13-16-6-9-18(10-7-16)28(26,27)25(3)4/h6-12H,5,13-14H2,1-4H3,(H2,22,23,24). The molecule has 2 N–H and O–H groups in total. The van der Waals surface area contributed by atoms with Gasteiger partial charge >= 0.3 is 0 Å². The molecule has 2 aromatic carbocycles. The van der Waals surface area contributed by atoms with E-state index in [2.05, 4.69) is 15.6 Å². The predicted octanol–water partition coefficient (Wildman–Crippen LogP) is 2.64. The first-order valence-corrected chi connectivity index (χ1v) is 10.5. The Hall–Kier alpha value is -2.45. The van der Waals surface area contributed by atoms with Crippen LogP contribution in [0.5, 0.6) is 0 Å². The molecule has 2 aromatic rings. The molecule has 0 bridgehead atoms. The van der Waals surface area contributed by atoms with Gasteiger partial charge in [-0.25, -0.2) is 22.1 Å². The van der Waals surface area contributed by atoms with E-state index >= 15 is 0 Å². The summed E-state index contributed by atoms with van der Waals surface area (Å²) in [6.45, 7) is 5.33. The van der Waals surface area contributed by atoms with Gasteiger partial charge in [0.2, 0.25) is 10.0 Å². The van der Waals surface area contributed by atoms with Gasteiger partial charge < -0.3 is 10.6 Å². The van der Waals surface area contributed by atoms with E-state index in [1.54, 1.807) is 43.3 Å². The first kappa shape index (κ1) is 21.8. The molecular formula is C20H27FN4O2S. The molecule has 2 rings (SSSR count). The maximum absolute atomic E-state index is 13.4. The lowest BCUT2D eigenvalue weighted by Gasteiger charge is -2.13. The second-order valence-electron chi connectivity index (χ2n) is 6.56. The highest BCUT2D eigenvalue weighted by atomic mass is 32.2. The second kappa shape index (κ2) is 9.66. The fraction of sp³-hybridized carbons (Fsp3) is 0.350. The van der Waals surface area contributed by atoms with E-state index in [-0.39, 0.29) is 10.7 Å². The maximum atomic E-state index is 13.4. The minimum Gasteiger partial charge on any atom is -0.357 e. The van der Waals surface area contributed by atoms with Gasteiger partial charge in [-0.05, 0) is 48.7 Å². The maximum Gasteiger partial charge on any atom is 0.242 e. The van der Waals surface area contributed by atoms with Crippen LogP contribution in [-0.2, 0) is 23.1 Å². The monoisotopic (exact) mass is 406 g/mol. The van der Waals surface area contributed by atoms with Gasteiger partial charge in [-0.3, -0.25) is 0 Å². The van der Waals surface area contributed by atoms with Crippen molar-refractivity contribution in [2.75, 3.05) is 20.6 Å². The van der Waals surface area contributed by atoms with E-state index in [4.69, 9.17) is 0 Å². The third-order valence-electron chi connectivity index (χ3n) is 4.15. The summed E-state index contributed by atoms with van der Waals surface area (Å²) >= 11 is 0. The highest BCUT2D eigenvalue weighted by Crippen LogP contribution is 2.14. The predicted molar refractivity (Wildman–Crippen MR) is 110 cm³/mol. The van der Waals surface area contributed by atoms with Crippen molar-refractivity contribution >= 4 is 16.0 Å². The van der Waals surface area contributed by atoms with Gasteiger partial charge in [-0.15, -0.1) is 0 Å². The molecule has 8 heteroatoms. The van der Waals surface area contributed by atoms with Gasteiger partial charge in [0, 0.05) is 27.2 Å². The molecule has 0 atom stereocenters. The Morgan fingerprint density at radius 1 is 1.07 bits per heavy atom. The number of hydrogen-bond acceptors (Lipinski definition) is 3. The molecule has 0 fully saturated rings. The number of benzene rings is 2. The van der Waals surface area contributed by atoms with E-state index < -0.39 is 10.0 Å². The molecule has 0 saturated carbocycles. The lowest BCUT2D eigenvalue weighted by molar-refractivity contribution is 0.520. The van der Waals surface area contributed by atoms with E-state index in [1.807, 2.05) is 6.92 Å². The number of guanidine groups is 1. The average molecular weight is 407 g/mol. The number of nitrogens with one attached hydrogen (secondary N) is 2. The summed E-state index contributed by atoms with van der Waals surface area (Å²) in [5, 5.41) is 6.38. The molecular weight excluding hydrogens is 379 g/mol. The van der Waals surface area contributed by atoms with Gasteiger partial charge in [-0.2, -0.15) is 0 Å². The number of halogens is 1. The van der Waals surface area contributed by atoms with Crippen LogP contribution in [0.15, 0.2) is 52.4 Å². The van der Waals surface area contributed by atoms with Crippen molar-refractivity contribution in [3.63, 3.8) is 0 Å². The van der Waals surface area contributed by atoms with Crippen molar-refractivity contribution in [2.24, 2.45) is 4.99 Å². The smallest absolute Gasteiger partial charge is 0.242 e. The van der Waals surface area contributed by atoms with Crippen LogP contribution in [0.4, 0.5) is 4.39 Å². The van der Waals surface area contributed by atoms with Crippen LogP contribution >= 0.6 is 0 Å². The van der Waals surface area contributed by atoms with E-state index in [0.717, 1.165) is 11.1 Å². The Balaban J connectivity index is 2.03. The minimum absolute atomic E-state index is 0.225. The van der Waals surface area contributed by atoms with Crippen molar-refractivity contribution in [1.82, 2.24) is 14.9 Å². The summed E-state index contributed by atoms with van der Waals surface area (Å²) in [6.07, 6.45) is 0. The van der Waals surface area contributed by atoms with Gasteiger partial charge in [-0.1, -0.05) is 24.3 Å². The Morgan fingerprint density at radius 2 is 1.71 bits per heavy atom. The summed E-state index contributed by atoms with van der Waals surface area (Å²) in [5.74, 6) is 0.409. The largest absolute Gasteiger partial charge is 0.357 e. The Morgan fingerprint density at radius 3 is 2.29 bits per heavy atom. The summed E-state index contributed by atoms with van der Waals surface area (Å²) < 4.78 is 38.8. The lowest BCUT2D eigenvalue weighted by Crippen LogP contribution is -2.36. The highest BCUT2D eigenvalue weighted by Gasteiger charge is 2.16. The van der Waals surface area contributed by atoms with E-state index in [0.29, 0.717) is 31.2 Å². The Kier molecular flexibility index (Phi) is 7.53. The number of aryl methyl sites for hydroxylation is 1. The van der Waals surface area contributed by atoms with Crippen molar-refractivity contribution in [3.05, 3.63) is 65.0 Å². The van der Waals surface area contributed by atoms with Crippen LogP contribution < -0.4 is 10.6 Å². The van der Waals surface area contributed by atoms with Crippen LogP contribution in [-0.4, -0.2) is 39.3 Å². The van der Waals surface area contributed by atoms with Crippen LogP contribution in [0.1, 0.15) is 23.6 Å². The highest BCUT2D eigenvalue weighted by molar-refractivity contribution is 7.89. The van der Waals surface area contributed by atoms with Crippen LogP contribution in [0.3, 0.4) is 0 Å². The van der Waals surface area contributed by atoms with Crippen LogP contribution in [0, 0.1) is 12.7 Å². The zero-order valence-corrected chi connectivity index (χ0v) is 17.5. The third-order valence-corrected chi connectivity index (χ3v) is 5.98. The number of hydrogen-bond donors (Lipinski definition) is 2. The van der Waals surface area contributed by atoms with Crippen molar-refractivity contribution in [1.29, 1.82) is 0 Å². The molecule has 0 aliphatic heterocycles. The van der Waals surface area contributed by atoms with E-state index in [1.165, 1.54) is 24.5 Å². The van der Waals surface area contributed by atoms with Crippen molar-refractivity contribution in [3.8, 4) is 0 Å². The Labute approximate surface area is 166 Å². The lowest BCUT2D eigenvalue weighted by atomic mass is 10.1. The number of nitrogens with zero attached hydrogens (tertiary/aromatic N) is 2. The summed E-state index contributed by atoms with van der Waals surface area (Å²) in [5.41, 5.74) is 2.45. The van der Waals surface area contributed by atoms with Crippen LogP contribution in [0.25, 0.3) is 0 Å². The molecule has 28 heavy (non-hydrogen) atoms. The number of aliphatic imine (C=N–C) groups is 1. The van der Waals surface area contributed by atoms with Crippen molar-refractivity contribution < 1.29 is 12.8 Å². The second-order valence-corrected chi connectivity index (χ2v) is 8.72. The zero-order chi connectivity index (χ0) is 20.7. The summed E-state index contributed by atoms with van der Waals surface area (Å²) in [7, 11) is -0.416. The molecule has 0 spiro atoms. The molecule has 0 saturated heterocycles. The molecule has 0 heterocycles. The van der Waals surface area contributed by atoms with E-state index in [9.17, 15) is 12.8 Å². The van der Waals surface area contributed by atoms with Gasteiger partial charge in [0.25, 0.3) is 0 Å². The topological polar surface area (TPSA) is 73.8 Å². The van der Waals surface area contributed by atoms with Crippen LogP contribution in [0.2, 0.25) is 0 Å².